The van der Waals surface area contributed by atoms with Crippen LogP contribution in [-0.2, 0) is 6.54 Å². The molecule has 0 radical (unpaired) electrons. The number of benzene rings is 1. The van der Waals surface area contributed by atoms with Gasteiger partial charge in [-0.1, -0.05) is 6.07 Å². The molecular weight excluding hydrogens is 413 g/mol. The number of nitrogens with zero attached hydrogens (tertiary/aromatic N) is 6. The van der Waals surface area contributed by atoms with Crippen molar-refractivity contribution in [3.05, 3.63) is 66.8 Å². The molecule has 1 amide bonds. The molecule has 0 atom stereocenters. The third-order valence-corrected chi connectivity index (χ3v) is 5.07. The summed E-state index contributed by atoms with van der Waals surface area (Å²) in [7, 11) is 0. The fourth-order valence-electron chi connectivity index (χ4n) is 3.51. The number of pyridine rings is 1. The maximum atomic E-state index is 14.9. The number of rotatable bonds is 1. The van der Waals surface area contributed by atoms with E-state index in [1.54, 1.807) is 18.5 Å². The van der Waals surface area contributed by atoms with Crippen molar-refractivity contribution in [2.75, 3.05) is 11.9 Å². The molecule has 0 unspecified atom stereocenters. The maximum absolute atomic E-state index is 14.9. The summed E-state index contributed by atoms with van der Waals surface area (Å²) in [4.78, 5) is 25.5. The number of fused-ring (bicyclic) bond motifs is 5. The van der Waals surface area contributed by atoms with E-state index in [1.165, 1.54) is 30.9 Å². The summed E-state index contributed by atoms with van der Waals surface area (Å²) in [5, 5.41) is 10.9. The molecule has 160 valence electrons. The van der Waals surface area contributed by atoms with Gasteiger partial charge in [0, 0.05) is 36.1 Å². The lowest BCUT2D eigenvalue weighted by molar-refractivity contribution is 0.102. The van der Waals surface area contributed by atoms with Gasteiger partial charge in [-0.2, -0.15) is 0 Å². The maximum Gasteiger partial charge on any atom is 0.260 e. The topological polar surface area (TPSA) is 108 Å². The molecule has 10 heteroatoms. The number of nitrogens with one attached hydrogen (secondary N) is 1. The first-order valence-electron chi connectivity index (χ1n) is 10.1. The Morgan fingerprint density at radius 1 is 1.09 bits per heavy atom. The number of aryl methyl sites for hydroxylation is 1. The van der Waals surface area contributed by atoms with E-state index in [4.69, 9.17) is 4.74 Å². The van der Waals surface area contributed by atoms with Gasteiger partial charge in [0.15, 0.2) is 5.82 Å². The van der Waals surface area contributed by atoms with Gasteiger partial charge in [0.2, 0.25) is 0 Å². The zero-order chi connectivity index (χ0) is 21.9. The molecule has 9 nitrogen and oxygen atoms in total. The lowest BCUT2D eigenvalue weighted by Gasteiger charge is -2.15. The number of aromatic nitrogens is 6. The van der Waals surface area contributed by atoms with Crippen molar-refractivity contribution in [2.45, 2.75) is 19.4 Å². The number of amides is 1. The smallest absolute Gasteiger partial charge is 0.260 e. The van der Waals surface area contributed by atoms with E-state index in [1.807, 2.05) is 10.6 Å². The van der Waals surface area contributed by atoms with Gasteiger partial charge in [0.1, 0.15) is 35.7 Å². The van der Waals surface area contributed by atoms with Gasteiger partial charge < -0.3 is 14.6 Å². The van der Waals surface area contributed by atoms with Crippen LogP contribution in [-0.4, -0.2) is 42.2 Å². The van der Waals surface area contributed by atoms with Crippen molar-refractivity contribution >= 4 is 11.7 Å². The SMILES string of the molecule is O=C1Nc2cccc(n2)-c2nncn2CCCCOc2cc(F)c(-c3cncnc3)cc21. The molecule has 4 heterocycles. The number of ether oxygens (including phenoxy) is 1. The van der Waals surface area contributed by atoms with Gasteiger partial charge in [-0.05, 0) is 31.0 Å². The average molecular weight is 431 g/mol. The Hall–Kier alpha value is -4.21. The first kappa shape index (κ1) is 19.7. The predicted molar refractivity (Wildman–Crippen MR) is 113 cm³/mol. The molecule has 1 N–H and O–H groups in total. The zero-order valence-electron chi connectivity index (χ0n) is 16.9. The van der Waals surface area contributed by atoms with Crippen LogP contribution < -0.4 is 10.1 Å². The minimum atomic E-state index is -0.526. The Morgan fingerprint density at radius 3 is 2.84 bits per heavy atom. The molecule has 32 heavy (non-hydrogen) atoms. The molecule has 5 rings (SSSR count). The van der Waals surface area contributed by atoms with E-state index in [9.17, 15) is 9.18 Å². The Labute approximate surface area is 182 Å². The molecule has 0 saturated carbocycles. The zero-order valence-corrected chi connectivity index (χ0v) is 16.9. The third kappa shape index (κ3) is 3.89. The Balaban J connectivity index is 1.57. The molecule has 2 bridgehead atoms. The molecule has 1 aliphatic rings. The monoisotopic (exact) mass is 431 g/mol. The molecule has 3 aromatic heterocycles. The minimum absolute atomic E-state index is 0.166. The summed E-state index contributed by atoms with van der Waals surface area (Å²) >= 11 is 0. The molecule has 0 fully saturated rings. The molecule has 4 aromatic rings. The van der Waals surface area contributed by atoms with Crippen molar-refractivity contribution < 1.29 is 13.9 Å². The van der Waals surface area contributed by atoms with Crippen molar-refractivity contribution in [3.8, 4) is 28.4 Å². The van der Waals surface area contributed by atoms with Gasteiger partial charge >= 0.3 is 0 Å². The van der Waals surface area contributed by atoms with E-state index in [-0.39, 0.29) is 16.9 Å². The number of carbonyl (C=O) groups excluding carboxylic acids is 1. The highest BCUT2D eigenvalue weighted by molar-refractivity contribution is 6.06. The standard InChI is InChI=1S/C22H18FN7O2/c23-17-9-19-16(8-15(17)14-10-24-12-25-11-14)22(31)28-20-5-3-4-18(27-20)21-29-26-13-30(21)6-1-2-7-32-19/h3-5,8-13H,1-2,6-7H2,(H,27,28,31). The summed E-state index contributed by atoms with van der Waals surface area (Å²) in [5.74, 6) is 0.119. The first-order valence-corrected chi connectivity index (χ1v) is 10.1. The van der Waals surface area contributed by atoms with Crippen molar-refractivity contribution in [2.24, 2.45) is 0 Å². The highest BCUT2D eigenvalue weighted by atomic mass is 19.1. The fourth-order valence-corrected chi connectivity index (χ4v) is 3.51. The van der Waals surface area contributed by atoms with Crippen LogP contribution in [0.25, 0.3) is 22.6 Å². The molecule has 1 aromatic carbocycles. The van der Waals surface area contributed by atoms with Gasteiger partial charge in [-0.3, -0.25) is 4.79 Å². The molecule has 1 aliphatic heterocycles. The summed E-state index contributed by atoms with van der Waals surface area (Å²) in [6.45, 7) is 1.01. The van der Waals surface area contributed by atoms with Crippen LogP contribution in [0.15, 0.2) is 55.4 Å². The normalized spacial score (nSPS) is 13.8. The molecule has 0 aliphatic carbocycles. The summed E-state index contributed by atoms with van der Waals surface area (Å²) in [6, 6.07) is 7.93. The average Bonchev–Trinajstić information content (AvgIpc) is 3.28. The van der Waals surface area contributed by atoms with E-state index in [0.29, 0.717) is 42.5 Å². The molecular formula is C22H18FN7O2. The Bertz CT molecular complexity index is 1280. The fraction of sp³-hybridized carbons (Fsp3) is 0.182. The second kappa shape index (κ2) is 8.50. The predicted octanol–water partition coefficient (Wildman–Crippen LogP) is 3.36. The second-order valence-corrected chi connectivity index (χ2v) is 7.22. The van der Waals surface area contributed by atoms with Crippen LogP contribution in [0, 0.1) is 5.82 Å². The minimum Gasteiger partial charge on any atom is -0.493 e. The highest BCUT2D eigenvalue weighted by Gasteiger charge is 2.20. The van der Waals surface area contributed by atoms with Crippen molar-refractivity contribution in [3.63, 3.8) is 0 Å². The van der Waals surface area contributed by atoms with Crippen LogP contribution >= 0.6 is 0 Å². The number of anilines is 1. The van der Waals surface area contributed by atoms with Crippen molar-refractivity contribution in [1.82, 2.24) is 29.7 Å². The molecule has 0 saturated heterocycles. The van der Waals surface area contributed by atoms with Gasteiger partial charge in [-0.25, -0.2) is 19.3 Å². The summed E-state index contributed by atoms with van der Waals surface area (Å²) < 4.78 is 22.6. The largest absolute Gasteiger partial charge is 0.493 e. The van der Waals surface area contributed by atoms with Gasteiger partial charge in [0.25, 0.3) is 5.91 Å². The second-order valence-electron chi connectivity index (χ2n) is 7.22. The quantitative estimate of drug-likeness (QED) is 0.492. The Kier molecular flexibility index (Phi) is 5.24. The van der Waals surface area contributed by atoms with Crippen LogP contribution in [0.3, 0.4) is 0 Å². The van der Waals surface area contributed by atoms with Crippen LogP contribution in [0.5, 0.6) is 5.75 Å². The van der Waals surface area contributed by atoms with E-state index >= 15 is 0 Å². The first-order chi connectivity index (χ1) is 15.7. The van der Waals surface area contributed by atoms with E-state index in [2.05, 4.69) is 30.5 Å². The Morgan fingerprint density at radius 2 is 1.97 bits per heavy atom. The van der Waals surface area contributed by atoms with Gasteiger partial charge in [0.05, 0.1) is 12.2 Å². The third-order valence-electron chi connectivity index (χ3n) is 5.07. The summed E-state index contributed by atoms with van der Waals surface area (Å²) in [6.07, 6.45) is 7.46. The lowest BCUT2D eigenvalue weighted by atomic mass is 10.0. The van der Waals surface area contributed by atoms with Crippen LogP contribution in [0.4, 0.5) is 10.2 Å². The van der Waals surface area contributed by atoms with E-state index < -0.39 is 11.7 Å². The number of halogens is 1. The van der Waals surface area contributed by atoms with Crippen LogP contribution in [0.1, 0.15) is 23.2 Å². The number of hydrogen-bond donors (Lipinski definition) is 1. The van der Waals surface area contributed by atoms with Gasteiger partial charge in [-0.15, -0.1) is 10.2 Å². The molecule has 0 spiro atoms. The van der Waals surface area contributed by atoms with Crippen molar-refractivity contribution in [1.29, 1.82) is 0 Å². The van der Waals surface area contributed by atoms with Crippen LogP contribution in [0.2, 0.25) is 0 Å². The van der Waals surface area contributed by atoms with E-state index in [0.717, 1.165) is 6.42 Å². The highest BCUT2D eigenvalue weighted by Crippen LogP contribution is 2.30. The lowest BCUT2D eigenvalue weighted by Crippen LogP contribution is -2.16. The number of carbonyl (C=O) groups is 1. The number of hydrogen-bond acceptors (Lipinski definition) is 7. The summed E-state index contributed by atoms with van der Waals surface area (Å²) in [5.41, 5.74) is 1.45.